The largest absolute Gasteiger partial charge is 0.479 e. The van der Waals surface area contributed by atoms with Crippen molar-refractivity contribution in [1.82, 2.24) is 0 Å². The highest BCUT2D eigenvalue weighted by Gasteiger charge is 2.50. The van der Waals surface area contributed by atoms with Gasteiger partial charge in [-0.25, -0.2) is 4.79 Å². The van der Waals surface area contributed by atoms with Gasteiger partial charge in [0.1, 0.15) is 18.8 Å². The molecule has 6 atom stereocenters. The molecule has 0 aromatic heterocycles. The Balaban J connectivity index is 2.69. The van der Waals surface area contributed by atoms with Gasteiger partial charge in [-0.3, -0.25) is 14.4 Å². The number of aliphatic hydroxyl groups is 2. The Morgan fingerprint density at radius 2 is 0.778 bits per heavy atom. The molecule has 1 rings (SSSR count). The van der Waals surface area contributed by atoms with Gasteiger partial charge < -0.3 is 39.0 Å². The van der Waals surface area contributed by atoms with Crippen molar-refractivity contribution in [3.05, 3.63) is 109 Å². The van der Waals surface area contributed by atoms with Crippen molar-refractivity contribution in [2.45, 2.75) is 289 Å². The van der Waals surface area contributed by atoms with E-state index in [0.29, 0.717) is 19.3 Å². The fourth-order valence-corrected chi connectivity index (χ4v) is 8.99. The third-order valence-electron chi connectivity index (χ3n) is 13.8. The second kappa shape index (κ2) is 55.9. The number of aliphatic hydroxyl groups excluding tert-OH is 2. The molecular weight excluding hydrogens is 1020 g/mol. The fraction of sp³-hybridized carbons (Fsp3) is 0.681. The lowest BCUT2D eigenvalue weighted by molar-refractivity contribution is -0.301. The summed E-state index contributed by atoms with van der Waals surface area (Å²) >= 11 is 0. The number of carbonyl (C=O) groups is 4. The summed E-state index contributed by atoms with van der Waals surface area (Å²) in [5, 5.41) is 31.6. The first-order valence-corrected chi connectivity index (χ1v) is 31.9. The average Bonchev–Trinajstić information content (AvgIpc) is 3.53. The van der Waals surface area contributed by atoms with Crippen LogP contribution in [0.2, 0.25) is 0 Å². The van der Waals surface area contributed by atoms with E-state index in [9.17, 15) is 34.5 Å². The van der Waals surface area contributed by atoms with E-state index in [1.54, 1.807) is 0 Å². The van der Waals surface area contributed by atoms with Gasteiger partial charge in [0, 0.05) is 19.3 Å². The molecule has 0 aliphatic carbocycles. The molecule has 1 aliphatic rings. The van der Waals surface area contributed by atoms with Crippen molar-refractivity contribution in [3.8, 4) is 0 Å². The molecule has 12 nitrogen and oxygen atoms in total. The predicted molar refractivity (Wildman–Crippen MR) is 330 cm³/mol. The van der Waals surface area contributed by atoms with E-state index in [0.717, 1.165) is 135 Å². The Kier molecular flexibility index (Phi) is 51.3. The molecule has 81 heavy (non-hydrogen) atoms. The van der Waals surface area contributed by atoms with E-state index in [1.165, 1.54) is 57.8 Å². The van der Waals surface area contributed by atoms with Crippen LogP contribution >= 0.6 is 0 Å². The lowest BCUT2D eigenvalue weighted by Crippen LogP contribution is -2.61. The van der Waals surface area contributed by atoms with Crippen molar-refractivity contribution in [3.63, 3.8) is 0 Å². The number of unbranched alkanes of at least 4 members (excludes halogenated alkanes) is 21. The third-order valence-corrected chi connectivity index (χ3v) is 13.8. The first kappa shape index (κ1) is 74.4. The van der Waals surface area contributed by atoms with Crippen LogP contribution in [0.15, 0.2) is 109 Å². The van der Waals surface area contributed by atoms with Gasteiger partial charge in [-0.15, -0.1) is 0 Å². The molecule has 6 unspecified atom stereocenters. The highest BCUT2D eigenvalue weighted by molar-refractivity contribution is 5.74. The Morgan fingerprint density at radius 3 is 1.21 bits per heavy atom. The van der Waals surface area contributed by atoms with E-state index in [1.807, 2.05) is 0 Å². The molecular formula is C69H112O12. The number of carboxylic acid groups (broad SMARTS) is 1. The topological polar surface area (TPSA) is 175 Å². The van der Waals surface area contributed by atoms with E-state index in [4.69, 9.17) is 23.7 Å². The highest BCUT2D eigenvalue weighted by atomic mass is 16.7. The van der Waals surface area contributed by atoms with Crippen molar-refractivity contribution in [1.29, 1.82) is 0 Å². The van der Waals surface area contributed by atoms with E-state index >= 15 is 0 Å². The standard InChI is InChI=1S/C69H112O12/c1-4-7-10-13-16-19-22-25-28-30-31-33-35-37-40-43-46-49-52-55-61(70)77-58-60(79-62(71)56-53-50-47-44-41-38-34-27-24-21-18-15-12-9-6-3)59-78-69-67(65(74)64(73)66(81-69)68(75)76)80-63(72)57-54-51-48-45-42-39-36-32-29-26-23-20-17-14-11-8-5-2/h8-9,11-12,16-21,25-29,34,41,44,60,64-67,69,73-74H,4-7,10,13-15,22-24,30-33,35-40,42-43,45-59H2,1-3H3,(H,75,76)/b11-8-,12-9-,19-16-,20-17-,21-18-,28-25-,29-26-,34-27-,44-41-. The SMILES string of the molecule is CC/C=C\C/C=C\C/C=C\C/C=C\CCCCC(=O)OC(COC(=O)CCCCCCCCCCC/C=C\C/C=C\CCCCC)COC1OC(C(=O)O)C(O)C(O)C1OC(=O)CCCCCCCCC/C=C\C/C=C\C/C=C\CC. The lowest BCUT2D eigenvalue weighted by Gasteiger charge is -2.40. The van der Waals surface area contributed by atoms with Crippen LogP contribution in [-0.4, -0.2) is 89.2 Å². The lowest BCUT2D eigenvalue weighted by atomic mass is 9.98. The van der Waals surface area contributed by atoms with Crippen LogP contribution in [0.4, 0.5) is 0 Å². The predicted octanol–water partition coefficient (Wildman–Crippen LogP) is 17.0. The van der Waals surface area contributed by atoms with Crippen molar-refractivity contribution < 1.29 is 58.2 Å². The molecule has 0 spiro atoms. The molecule has 3 N–H and O–H groups in total. The summed E-state index contributed by atoms with van der Waals surface area (Å²) in [6.45, 7) is 5.71. The maximum absolute atomic E-state index is 13.2. The number of carboxylic acids is 1. The van der Waals surface area contributed by atoms with Gasteiger partial charge in [0.25, 0.3) is 0 Å². The molecule has 1 fully saturated rings. The van der Waals surface area contributed by atoms with E-state index in [-0.39, 0.29) is 25.9 Å². The first-order chi connectivity index (χ1) is 39.6. The molecule has 0 radical (unpaired) electrons. The molecule has 1 heterocycles. The van der Waals surface area contributed by atoms with Gasteiger partial charge in [0.2, 0.25) is 0 Å². The average molecular weight is 1130 g/mol. The summed E-state index contributed by atoms with van der Waals surface area (Å²) in [4.78, 5) is 51.3. The Labute approximate surface area is 491 Å². The number of esters is 3. The summed E-state index contributed by atoms with van der Waals surface area (Å²) in [5.74, 6) is -3.20. The molecule has 0 bridgehead atoms. The molecule has 1 saturated heterocycles. The number of hydrogen-bond donors (Lipinski definition) is 3. The monoisotopic (exact) mass is 1130 g/mol. The van der Waals surface area contributed by atoms with Gasteiger partial charge in [-0.1, -0.05) is 220 Å². The van der Waals surface area contributed by atoms with Crippen molar-refractivity contribution in [2.24, 2.45) is 0 Å². The minimum Gasteiger partial charge on any atom is -0.479 e. The minimum absolute atomic E-state index is 0.0389. The first-order valence-electron chi connectivity index (χ1n) is 31.9. The smallest absolute Gasteiger partial charge is 0.335 e. The molecule has 460 valence electrons. The van der Waals surface area contributed by atoms with Crippen LogP contribution in [0.3, 0.4) is 0 Å². The molecule has 0 saturated carbocycles. The molecule has 0 aromatic rings. The highest BCUT2D eigenvalue weighted by Crippen LogP contribution is 2.26. The Hall–Kier alpha value is -4.62. The second-order valence-electron chi connectivity index (χ2n) is 21.3. The zero-order valence-corrected chi connectivity index (χ0v) is 50.7. The van der Waals surface area contributed by atoms with E-state index in [2.05, 4.69) is 130 Å². The van der Waals surface area contributed by atoms with Gasteiger partial charge in [-0.05, 0) is 122 Å². The second-order valence-corrected chi connectivity index (χ2v) is 21.3. The van der Waals surface area contributed by atoms with Crippen molar-refractivity contribution >= 4 is 23.9 Å². The van der Waals surface area contributed by atoms with Crippen LogP contribution in [0.25, 0.3) is 0 Å². The maximum atomic E-state index is 13.2. The zero-order chi connectivity index (χ0) is 58.9. The van der Waals surface area contributed by atoms with Crippen LogP contribution in [0.5, 0.6) is 0 Å². The fourth-order valence-electron chi connectivity index (χ4n) is 8.99. The molecule has 12 heteroatoms. The van der Waals surface area contributed by atoms with Crippen LogP contribution < -0.4 is 0 Å². The summed E-state index contributed by atoms with van der Waals surface area (Å²) in [6, 6.07) is 0. The number of allylic oxidation sites excluding steroid dienone is 18. The van der Waals surface area contributed by atoms with Crippen LogP contribution in [0.1, 0.15) is 252 Å². The third kappa shape index (κ3) is 45.6. The van der Waals surface area contributed by atoms with Gasteiger partial charge >= 0.3 is 23.9 Å². The minimum atomic E-state index is -1.92. The maximum Gasteiger partial charge on any atom is 0.335 e. The molecule has 0 amide bonds. The summed E-state index contributed by atoms with van der Waals surface area (Å²) in [6.07, 6.45) is 63.3. The van der Waals surface area contributed by atoms with Crippen molar-refractivity contribution in [2.75, 3.05) is 13.2 Å². The Morgan fingerprint density at radius 1 is 0.420 bits per heavy atom. The number of rotatable bonds is 53. The normalized spacial score (nSPS) is 18.5. The number of ether oxygens (including phenoxy) is 5. The molecule has 0 aromatic carbocycles. The summed E-state index contributed by atoms with van der Waals surface area (Å²) in [7, 11) is 0. The van der Waals surface area contributed by atoms with E-state index < -0.39 is 67.3 Å². The van der Waals surface area contributed by atoms with Gasteiger partial charge in [0.05, 0.1) is 6.61 Å². The van der Waals surface area contributed by atoms with Gasteiger partial charge in [0.15, 0.2) is 24.6 Å². The number of carbonyl (C=O) groups excluding carboxylic acids is 3. The Bertz CT molecular complexity index is 1820. The van der Waals surface area contributed by atoms with Crippen LogP contribution in [0, 0.1) is 0 Å². The zero-order valence-electron chi connectivity index (χ0n) is 50.7. The quantitative estimate of drug-likeness (QED) is 0.0228. The summed E-state index contributed by atoms with van der Waals surface area (Å²) < 4.78 is 28.5. The summed E-state index contributed by atoms with van der Waals surface area (Å²) in [5.41, 5.74) is 0. The van der Waals surface area contributed by atoms with Crippen LogP contribution in [-0.2, 0) is 42.9 Å². The molecule has 1 aliphatic heterocycles. The number of aliphatic carboxylic acids is 1. The van der Waals surface area contributed by atoms with Gasteiger partial charge in [-0.2, -0.15) is 0 Å². The number of hydrogen-bond acceptors (Lipinski definition) is 11.